The highest BCUT2D eigenvalue weighted by atomic mass is 35.5. The summed E-state index contributed by atoms with van der Waals surface area (Å²) >= 11 is 12.1. The van der Waals surface area contributed by atoms with Gasteiger partial charge in [-0.1, -0.05) is 17.7 Å². The second-order valence-electron chi connectivity index (χ2n) is 3.67. The number of para-hydroxylation sites is 1. The van der Waals surface area contributed by atoms with E-state index in [1.165, 1.54) is 0 Å². The van der Waals surface area contributed by atoms with Gasteiger partial charge in [0.2, 0.25) is 0 Å². The average Bonchev–Trinajstić information content (AvgIpc) is 2.34. The van der Waals surface area contributed by atoms with Crippen LogP contribution < -0.4 is 20.9 Å². The molecule has 2 aromatic rings. The van der Waals surface area contributed by atoms with Crippen molar-refractivity contribution in [2.45, 2.75) is 0 Å². The minimum atomic E-state index is -0.516. The second-order valence-corrected chi connectivity index (χ2v) is 4.42. The van der Waals surface area contributed by atoms with Crippen LogP contribution in [0.5, 0.6) is 0 Å². The number of nitrogens with zero attached hydrogens (tertiary/aromatic N) is 1. The van der Waals surface area contributed by atoms with Gasteiger partial charge in [-0.2, -0.15) is 0 Å². The summed E-state index contributed by atoms with van der Waals surface area (Å²) in [6.45, 7) is 0. The molecule has 0 fully saturated rings. The molecule has 1 aliphatic rings. The van der Waals surface area contributed by atoms with Gasteiger partial charge in [-0.25, -0.2) is 4.42 Å². The van der Waals surface area contributed by atoms with Crippen molar-refractivity contribution in [1.82, 2.24) is 10.2 Å². The molecule has 1 aliphatic heterocycles. The molecular weight excluding hydrogens is 279 g/mol. The molecule has 3 rings (SSSR count). The third-order valence-corrected chi connectivity index (χ3v) is 3.25. The van der Waals surface area contributed by atoms with E-state index in [9.17, 15) is 9.59 Å². The van der Waals surface area contributed by atoms with Crippen molar-refractivity contribution in [3.63, 3.8) is 0 Å². The summed E-state index contributed by atoms with van der Waals surface area (Å²) in [6.07, 6.45) is 0. The zero-order chi connectivity index (χ0) is 12.9. The maximum Gasteiger partial charge on any atom is 0.290 e. The lowest BCUT2D eigenvalue weighted by Gasteiger charge is -2.27. The van der Waals surface area contributed by atoms with E-state index >= 15 is 0 Å². The molecule has 8 heteroatoms. The summed E-state index contributed by atoms with van der Waals surface area (Å²) in [6, 6.07) is 5.06. The average molecular weight is 285 g/mol. The number of rotatable bonds is 0. The smallest absolute Gasteiger partial charge is 0.290 e. The minimum Gasteiger partial charge on any atom is -0.347 e. The number of hydrogen-bond donors (Lipinski definition) is 3. The predicted molar refractivity (Wildman–Crippen MR) is 70.4 cm³/mol. The molecule has 2 heterocycles. The van der Waals surface area contributed by atoms with Gasteiger partial charge < -0.3 is 5.32 Å². The van der Waals surface area contributed by atoms with Crippen molar-refractivity contribution in [2.24, 2.45) is 0 Å². The highest BCUT2D eigenvalue weighted by Gasteiger charge is 2.28. The molecule has 3 N–H and O–H groups in total. The monoisotopic (exact) mass is 284 g/mol. The fourth-order valence-electron chi connectivity index (χ4n) is 1.82. The molecule has 0 radical (unpaired) electrons. The first-order valence-corrected chi connectivity index (χ1v) is 5.67. The van der Waals surface area contributed by atoms with E-state index in [0.29, 0.717) is 16.4 Å². The van der Waals surface area contributed by atoms with E-state index in [1.54, 1.807) is 18.2 Å². The quantitative estimate of drug-likeness (QED) is 0.647. The van der Waals surface area contributed by atoms with Gasteiger partial charge >= 0.3 is 0 Å². The Balaban J connectivity index is 2.36. The number of hydrogen-bond acceptors (Lipinski definition) is 4. The molecule has 0 unspecified atom stereocenters. The van der Waals surface area contributed by atoms with Crippen molar-refractivity contribution >= 4 is 46.1 Å². The van der Waals surface area contributed by atoms with Gasteiger partial charge in [-0.3, -0.25) is 19.8 Å². The molecule has 0 aliphatic carbocycles. The van der Waals surface area contributed by atoms with Crippen molar-refractivity contribution in [3.05, 3.63) is 43.9 Å². The van der Waals surface area contributed by atoms with Crippen LogP contribution in [0.4, 0.5) is 22.7 Å². The molecule has 92 valence electrons. The maximum atomic E-state index is 11.7. The van der Waals surface area contributed by atoms with Crippen LogP contribution in [-0.4, -0.2) is 10.2 Å². The molecule has 0 amide bonds. The van der Waals surface area contributed by atoms with Crippen molar-refractivity contribution in [3.8, 4) is 0 Å². The zero-order valence-electron chi connectivity index (χ0n) is 8.75. The van der Waals surface area contributed by atoms with Crippen LogP contribution in [0.3, 0.4) is 0 Å². The molecule has 0 spiro atoms. The second kappa shape index (κ2) is 3.79. The number of H-pyrrole nitrogens is 2. The first-order chi connectivity index (χ1) is 8.59. The Bertz CT molecular complexity index is 752. The van der Waals surface area contributed by atoms with Crippen LogP contribution in [0.15, 0.2) is 27.8 Å². The van der Waals surface area contributed by atoms with Crippen molar-refractivity contribution in [1.29, 1.82) is 0 Å². The number of nitrogens with one attached hydrogen (secondary N) is 3. The first kappa shape index (κ1) is 11.2. The number of aromatic nitrogens is 2. The molecule has 1 aromatic carbocycles. The zero-order valence-corrected chi connectivity index (χ0v) is 10.3. The van der Waals surface area contributed by atoms with Crippen LogP contribution >= 0.6 is 23.4 Å². The summed E-state index contributed by atoms with van der Waals surface area (Å²) in [5.74, 6) is 0. The van der Waals surface area contributed by atoms with Gasteiger partial charge in [-0.05, 0) is 12.1 Å². The van der Waals surface area contributed by atoms with Gasteiger partial charge in [-0.15, -0.1) is 0 Å². The van der Waals surface area contributed by atoms with Crippen LogP contribution in [0.25, 0.3) is 0 Å². The van der Waals surface area contributed by atoms with E-state index in [1.807, 2.05) is 0 Å². The maximum absolute atomic E-state index is 11.7. The lowest BCUT2D eigenvalue weighted by atomic mass is 10.2. The third kappa shape index (κ3) is 1.43. The van der Waals surface area contributed by atoms with Gasteiger partial charge in [0.25, 0.3) is 11.1 Å². The Morgan fingerprint density at radius 1 is 1.06 bits per heavy atom. The van der Waals surface area contributed by atoms with Crippen molar-refractivity contribution < 1.29 is 0 Å². The lowest BCUT2D eigenvalue weighted by molar-refractivity contribution is 0.950. The summed E-state index contributed by atoms with van der Waals surface area (Å²) < 4.78 is 1.08. The summed E-state index contributed by atoms with van der Waals surface area (Å²) in [7, 11) is 0. The predicted octanol–water partition coefficient (Wildman–Crippen LogP) is 2.07. The molecule has 0 atom stereocenters. The van der Waals surface area contributed by atoms with E-state index in [2.05, 4.69) is 15.5 Å². The fourth-order valence-corrected chi connectivity index (χ4v) is 2.47. The van der Waals surface area contributed by atoms with Crippen LogP contribution in [0.1, 0.15) is 0 Å². The standard InChI is InChI=1S/C10H6Cl2N4O2/c11-4-2-1-3-5-7(4)16(12)8-6(13-5)9(17)14-15-10(8)18/h1-3,13H,(H,14,17)(H,15,18). The molecular formula is C10H6Cl2N4O2. The topological polar surface area (TPSA) is 81.0 Å². The van der Waals surface area contributed by atoms with Crippen molar-refractivity contribution in [2.75, 3.05) is 9.74 Å². The van der Waals surface area contributed by atoms with Crippen LogP contribution in [0, 0.1) is 0 Å². The molecule has 0 bridgehead atoms. The Morgan fingerprint density at radius 3 is 2.56 bits per heavy atom. The van der Waals surface area contributed by atoms with Gasteiger partial charge in [0, 0.05) is 11.8 Å². The van der Waals surface area contributed by atoms with E-state index in [4.69, 9.17) is 23.4 Å². The largest absolute Gasteiger partial charge is 0.347 e. The third-order valence-electron chi connectivity index (χ3n) is 2.61. The Labute approximate surface area is 110 Å². The number of aromatic amines is 2. The summed E-state index contributed by atoms with van der Waals surface area (Å²) in [5.41, 5.74) is 0.105. The lowest BCUT2D eigenvalue weighted by Crippen LogP contribution is -2.30. The van der Waals surface area contributed by atoms with E-state index < -0.39 is 11.1 Å². The highest BCUT2D eigenvalue weighted by molar-refractivity contribution is 6.39. The molecule has 6 nitrogen and oxygen atoms in total. The molecule has 0 saturated carbocycles. The Hall–Kier alpha value is -1.92. The minimum absolute atomic E-state index is 0.0148. The van der Waals surface area contributed by atoms with Gasteiger partial charge in [0.15, 0.2) is 5.69 Å². The molecule has 0 saturated heterocycles. The number of fused-ring (bicyclic) bond motifs is 2. The molecule has 1 aromatic heterocycles. The Morgan fingerprint density at radius 2 is 1.78 bits per heavy atom. The number of halogens is 2. The summed E-state index contributed by atoms with van der Waals surface area (Å²) in [4.78, 5) is 23.4. The fraction of sp³-hybridized carbons (Fsp3) is 0. The normalized spacial score (nSPS) is 12.7. The highest BCUT2D eigenvalue weighted by Crippen LogP contribution is 2.44. The van der Waals surface area contributed by atoms with E-state index in [-0.39, 0.29) is 11.4 Å². The molecule has 18 heavy (non-hydrogen) atoms. The van der Waals surface area contributed by atoms with Crippen LogP contribution in [0.2, 0.25) is 5.02 Å². The first-order valence-electron chi connectivity index (χ1n) is 4.96. The SMILES string of the molecule is O=c1[nH][nH]c(=O)c2c1Nc1cccc(Cl)c1N2Cl. The van der Waals surface area contributed by atoms with E-state index in [0.717, 1.165) is 4.42 Å². The van der Waals surface area contributed by atoms with Crippen LogP contribution in [-0.2, 0) is 0 Å². The number of benzene rings is 1. The van der Waals surface area contributed by atoms with Gasteiger partial charge in [0.1, 0.15) is 11.4 Å². The summed E-state index contributed by atoms with van der Waals surface area (Å²) in [5, 5.41) is 7.65. The van der Waals surface area contributed by atoms with Gasteiger partial charge in [0.05, 0.1) is 10.7 Å². The Kier molecular flexibility index (Phi) is 2.36. The number of anilines is 4.